The zero-order valence-electron chi connectivity index (χ0n) is 12.6. The van der Waals surface area contributed by atoms with E-state index in [2.05, 4.69) is 29.4 Å². The van der Waals surface area contributed by atoms with E-state index in [0.717, 1.165) is 41.6 Å². The Bertz CT molecular complexity index is 585. The topological polar surface area (TPSA) is 47.7 Å². The number of hydrogen-bond donors (Lipinski definition) is 1. The molecule has 2 aromatic heterocycles. The summed E-state index contributed by atoms with van der Waals surface area (Å²) < 4.78 is 3.81. The van der Waals surface area contributed by atoms with Crippen molar-refractivity contribution in [1.29, 1.82) is 0 Å². The van der Waals surface area contributed by atoms with Gasteiger partial charge in [-0.25, -0.2) is 0 Å². The summed E-state index contributed by atoms with van der Waals surface area (Å²) in [6.07, 6.45) is 2.90. The van der Waals surface area contributed by atoms with Gasteiger partial charge in [0.25, 0.3) is 0 Å². The Morgan fingerprint density at radius 2 is 2.00 bits per heavy atom. The van der Waals surface area contributed by atoms with Crippen molar-refractivity contribution >= 4 is 11.6 Å². The molecule has 6 heteroatoms. The monoisotopic (exact) mass is 295 g/mol. The fourth-order valence-electron chi connectivity index (χ4n) is 2.32. The van der Waals surface area contributed by atoms with E-state index < -0.39 is 0 Å². The highest BCUT2D eigenvalue weighted by atomic mass is 35.5. The largest absolute Gasteiger partial charge is 0.307 e. The smallest absolute Gasteiger partial charge is 0.0863 e. The summed E-state index contributed by atoms with van der Waals surface area (Å²) in [4.78, 5) is 0. The first-order valence-corrected chi connectivity index (χ1v) is 7.38. The first kappa shape index (κ1) is 15.1. The van der Waals surface area contributed by atoms with E-state index in [0.29, 0.717) is 6.54 Å². The van der Waals surface area contributed by atoms with Crippen LogP contribution in [-0.4, -0.2) is 19.6 Å². The molecule has 0 spiro atoms. The number of aryl methyl sites for hydroxylation is 4. The average Bonchev–Trinajstić information content (AvgIpc) is 2.90. The molecule has 0 aliphatic heterocycles. The molecule has 0 unspecified atom stereocenters. The third-order valence-electron chi connectivity index (χ3n) is 3.42. The molecule has 0 fully saturated rings. The van der Waals surface area contributed by atoms with Crippen molar-refractivity contribution in [2.45, 2.75) is 46.8 Å². The molecule has 110 valence electrons. The van der Waals surface area contributed by atoms with Crippen molar-refractivity contribution in [2.24, 2.45) is 7.05 Å². The van der Waals surface area contributed by atoms with Crippen molar-refractivity contribution in [3.63, 3.8) is 0 Å². The Balaban J connectivity index is 2.04. The Kier molecular flexibility index (Phi) is 4.83. The third-order valence-corrected chi connectivity index (χ3v) is 3.85. The van der Waals surface area contributed by atoms with Gasteiger partial charge in [0, 0.05) is 38.4 Å². The van der Waals surface area contributed by atoms with Gasteiger partial charge in [0.2, 0.25) is 0 Å². The molecule has 5 nitrogen and oxygen atoms in total. The van der Waals surface area contributed by atoms with Crippen LogP contribution < -0.4 is 5.32 Å². The van der Waals surface area contributed by atoms with Crippen molar-refractivity contribution in [3.8, 4) is 0 Å². The van der Waals surface area contributed by atoms with Crippen LogP contribution in [-0.2, 0) is 33.1 Å². The standard InChI is InChI=1S/C14H22ClN5/c1-5-12-14(15)13(20(6-2)18-12)8-16-7-11-9-19(4)17-10(11)3/h9,16H,5-8H2,1-4H3. The van der Waals surface area contributed by atoms with Gasteiger partial charge >= 0.3 is 0 Å². The van der Waals surface area contributed by atoms with Crippen molar-refractivity contribution in [2.75, 3.05) is 0 Å². The van der Waals surface area contributed by atoms with Gasteiger partial charge in [0.05, 0.1) is 22.1 Å². The molecule has 0 radical (unpaired) electrons. The van der Waals surface area contributed by atoms with Crippen molar-refractivity contribution < 1.29 is 0 Å². The van der Waals surface area contributed by atoms with Crippen LogP contribution in [0.15, 0.2) is 6.20 Å². The molecule has 0 aliphatic carbocycles. The first-order valence-electron chi connectivity index (χ1n) is 7.00. The van der Waals surface area contributed by atoms with E-state index in [-0.39, 0.29) is 0 Å². The molecule has 0 amide bonds. The molecule has 0 aromatic carbocycles. The highest BCUT2D eigenvalue weighted by Crippen LogP contribution is 2.21. The van der Waals surface area contributed by atoms with Gasteiger partial charge in [0.15, 0.2) is 0 Å². The van der Waals surface area contributed by atoms with Gasteiger partial charge in [0.1, 0.15) is 0 Å². The maximum absolute atomic E-state index is 6.39. The van der Waals surface area contributed by atoms with E-state index >= 15 is 0 Å². The minimum absolute atomic E-state index is 0.716. The van der Waals surface area contributed by atoms with E-state index in [9.17, 15) is 0 Å². The SMILES string of the molecule is CCc1nn(CC)c(CNCc2cn(C)nc2C)c1Cl. The van der Waals surface area contributed by atoms with Crippen LogP contribution in [0.4, 0.5) is 0 Å². The molecule has 0 atom stereocenters. The zero-order chi connectivity index (χ0) is 14.7. The average molecular weight is 296 g/mol. The van der Waals surface area contributed by atoms with Crippen LogP contribution in [0.2, 0.25) is 5.02 Å². The maximum atomic E-state index is 6.39. The highest BCUT2D eigenvalue weighted by Gasteiger charge is 2.14. The Hall–Kier alpha value is -1.33. The molecule has 0 aliphatic rings. The van der Waals surface area contributed by atoms with Crippen LogP contribution in [0.25, 0.3) is 0 Å². The van der Waals surface area contributed by atoms with Crippen molar-refractivity contribution in [3.05, 3.63) is 33.9 Å². The minimum Gasteiger partial charge on any atom is -0.307 e. The zero-order valence-corrected chi connectivity index (χ0v) is 13.3. The summed E-state index contributed by atoms with van der Waals surface area (Å²) in [6.45, 7) is 8.51. The lowest BCUT2D eigenvalue weighted by molar-refractivity contribution is 0.577. The van der Waals surface area contributed by atoms with Crippen LogP contribution in [0, 0.1) is 6.92 Å². The van der Waals surface area contributed by atoms with Gasteiger partial charge < -0.3 is 5.32 Å². The maximum Gasteiger partial charge on any atom is 0.0863 e. The third kappa shape index (κ3) is 3.04. The summed E-state index contributed by atoms with van der Waals surface area (Å²) in [5.74, 6) is 0. The van der Waals surface area contributed by atoms with Crippen LogP contribution in [0.3, 0.4) is 0 Å². The molecule has 20 heavy (non-hydrogen) atoms. The number of aromatic nitrogens is 4. The van der Waals surface area contributed by atoms with E-state index in [1.807, 2.05) is 29.5 Å². The molecule has 0 saturated carbocycles. The summed E-state index contributed by atoms with van der Waals surface area (Å²) in [6, 6.07) is 0. The van der Waals surface area contributed by atoms with E-state index in [1.165, 1.54) is 5.56 Å². The molecule has 1 N–H and O–H groups in total. The Morgan fingerprint density at radius 1 is 1.25 bits per heavy atom. The summed E-state index contributed by atoms with van der Waals surface area (Å²) in [7, 11) is 1.94. The predicted molar refractivity (Wildman–Crippen MR) is 80.8 cm³/mol. The fourth-order valence-corrected chi connectivity index (χ4v) is 2.66. The summed E-state index contributed by atoms with van der Waals surface area (Å²) in [5, 5.41) is 13.1. The predicted octanol–water partition coefficient (Wildman–Crippen LogP) is 2.45. The number of rotatable bonds is 6. The van der Waals surface area contributed by atoms with Crippen molar-refractivity contribution in [1.82, 2.24) is 24.9 Å². The second-order valence-corrected chi connectivity index (χ2v) is 5.27. The molecule has 0 bridgehead atoms. The van der Waals surface area contributed by atoms with E-state index in [4.69, 9.17) is 11.6 Å². The lowest BCUT2D eigenvalue weighted by Crippen LogP contribution is -2.16. The van der Waals surface area contributed by atoms with Gasteiger partial charge in [-0.05, 0) is 20.3 Å². The number of hydrogen-bond acceptors (Lipinski definition) is 3. The Labute approximate surface area is 124 Å². The van der Waals surface area contributed by atoms with Gasteiger partial charge in [-0.2, -0.15) is 10.2 Å². The summed E-state index contributed by atoms with van der Waals surface area (Å²) in [5.41, 5.74) is 4.31. The quantitative estimate of drug-likeness (QED) is 0.890. The van der Waals surface area contributed by atoms with E-state index in [1.54, 1.807) is 0 Å². The van der Waals surface area contributed by atoms with Crippen LogP contribution in [0.1, 0.15) is 36.5 Å². The number of nitrogens with one attached hydrogen (secondary N) is 1. The molecule has 2 aromatic rings. The second kappa shape index (κ2) is 6.41. The molecule has 2 heterocycles. The lowest BCUT2D eigenvalue weighted by Gasteiger charge is -2.07. The Morgan fingerprint density at radius 3 is 2.55 bits per heavy atom. The summed E-state index contributed by atoms with van der Waals surface area (Å²) >= 11 is 6.39. The number of nitrogens with zero attached hydrogens (tertiary/aromatic N) is 4. The number of halogens is 1. The molecule has 2 rings (SSSR count). The van der Waals surface area contributed by atoms with Crippen LogP contribution in [0.5, 0.6) is 0 Å². The molecular formula is C14H22ClN5. The van der Waals surface area contributed by atoms with Gasteiger partial charge in [-0.1, -0.05) is 18.5 Å². The minimum atomic E-state index is 0.716. The highest BCUT2D eigenvalue weighted by molar-refractivity contribution is 6.31. The second-order valence-electron chi connectivity index (χ2n) is 4.89. The normalized spacial score (nSPS) is 11.2. The van der Waals surface area contributed by atoms with Gasteiger partial charge in [-0.3, -0.25) is 9.36 Å². The first-order chi connectivity index (χ1) is 9.56. The van der Waals surface area contributed by atoms with Crippen LogP contribution >= 0.6 is 11.6 Å². The molecular weight excluding hydrogens is 274 g/mol. The van der Waals surface area contributed by atoms with Gasteiger partial charge in [-0.15, -0.1) is 0 Å². The lowest BCUT2D eigenvalue weighted by atomic mass is 10.2. The molecule has 0 saturated heterocycles. The fraction of sp³-hybridized carbons (Fsp3) is 0.571.